The van der Waals surface area contributed by atoms with Crippen molar-refractivity contribution in [3.8, 4) is 11.5 Å². The average Bonchev–Trinajstić information content (AvgIpc) is 3.45. The Morgan fingerprint density at radius 1 is 1.03 bits per heavy atom. The Kier molecular flexibility index (Phi) is 6.68. The van der Waals surface area contributed by atoms with Gasteiger partial charge in [0.15, 0.2) is 11.6 Å². The summed E-state index contributed by atoms with van der Waals surface area (Å²) in [6, 6.07) is 17.6. The Bertz CT molecular complexity index is 1220. The summed E-state index contributed by atoms with van der Waals surface area (Å²) in [7, 11) is 1.60. The fourth-order valence-corrected chi connectivity index (χ4v) is 3.24. The van der Waals surface area contributed by atoms with Crippen molar-refractivity contribution in [3.05, 3.63) is 94.0 Å². The molecule has 0 aliphatic heterocycles. The number of anilines is 1. The molecule has 4 rings (SSSR count). The van der Waals surface area contributed by atoms with Crippen molar-refractivity contribution < 1.29 is 18.7 Å². The Hall–Kier alpha value is -3.42. The molecule has 0 saturated heterocycles. The van der Waals surface area contributed by atoms with E-state index >= 15 is 0 Å². The van der Waals surface area contributed by atoms with Crippen LogP contribution in [-0.2, 0) is 13.2 Å². The van der Waals surface area contributed by atoms with Crippen LogP contribution in [0.5, 0.6) is 11.5 Å². The van der Waals surface area contributed by atoms with Gasteiger partial charge in [0, 0.05) is 12.3 Å². The van der Waals surface area contributed by atoms with Crippen LogP contribution >= 0.6 is 23.2 Å². The minimum atomic E-state index is -0.402. The van der Waals surface area contributed by atoms with Gasteiger partial charge in [0.25, 0.3) is 5.91 Å². The van der Waals surface area contributed by atoms with Gasteiger partial charge >= 0.3 is 0 Å². The van der Waals surface area contributed by atoms with Gasteiger partial charge in [-0.2, -0.15) is 5.10 Å². The minimum absolute atomic E-state index is 0.164. The van der Waals surface area contributed by atoms with Crippen LogP contribution in [0.15, 0.2) is 71.3 Å². The summed E-state index contributed by atoms with van der Waals surface area (Å²) in [6.07, 6.45) is 1.76. The predicted molar refractivity (Wildman–Crippen MR) is 122 cm³/mol. The lowest BCUT2D eigenvalue weighted by Crippen LogP contribution is -2.12. The van der Waals surface area contributed by atoms with Gasteiger partial charge in [-0.1, -0.05) is 29.3 Å². The van der Waals surface area contributed by atoms with Crippen molar-refractivity contribution in [2.75, 3.05) is 12.4 Å². The average molecular weight is 472 g/mol. The number of amides is 1. The zero-order valence-corrected chi connectivity index (χ0v) is 18.6. The predicted octanol–water partition coefficient (Wildman–Crippen LogP) is 5.67. The van der Waals surface area contributed by atoms with Gasteiger partial charge in [-0.05, 0) is 54.1 Å². The summed E-state index contributed by atoms with van der Waals surface area (Å²) in [5.41, 5.74) is 0.938. The number of halogens is 2. The first-order valence-corrected chi connectivity index (χ1v) is 10.4. The molecule has 1 amide bonds. The van der Waals surface area contributed by atoms with E-state index in [4.69, 9.17) is 37.1 Å². The highest BCUT2D eigenvalue weighted by Gasteiger charge is 2.13. The van der Waals surface area contributed by atoms with E-state index < -0.39 is 5.91 Å². The number of ether oxygens (including phenoxy) is 2. The molecular formula is C23H19Cl2N3O4. The number of hydrogen-bond donors (Lipinski definition) is 1. The summed E-state index contributed by atoms with van der Waals surface area (Å²) in [5.74, 6) is 2.10. The van der Waals surface area contributed by atoms with Crippen LogP contribution in [0.25, 0.3) is 0 Å². The maximum atomic E-state index is 12.5. The van der Waals surface area contributed by atoms with Crippen LogP contribution < -0.4 is 14.8 Å². The molecule has 1 N–H and O–H groups in total. The number of hydrogen-bond acceptors (Lipinski definition) is 5. The van der Waals surface area contributed by atoms with Gasteiger partial charge in [0.2, 0.25) is 0 Å². The molecule has 32 heavy (non-hydrogen) atoms. The van der Waals surface area contributed by atoms with Gasteiger partial charge in [0.1, 0.15) is 23.9 Å². The summed E-state index contributed by atoms with van der Waals surface area (Å²) in [5, 5.41) is 8.05. The van der Waals surface area contributed by atoms with Crippen LogP contribution in [0, 0.1) is 0 Å². The van der Waals surface area contributed by atoms with E-state index in [9.17, 15) is 4.79 Å². The minimum Gasteiger partial charge on any atom is -0.497 e. The maximum absolute atomic E-state index is 12.5. The SMILES string of the molecule is COc1ccc(OCc2ccc(C(=O)Nc3ccn(Cc4ccc(Cl)c(Cl)c4)n3)o2)cc1. The molecule has 0 aliphatic rings. The smallest absolute Gasteiger partial charge is 0.292 e. The lowest BCUT2D eigenvalue weighted by atomic mass is 10.2. The third-order valence-corrected chi connectivity index (χ3v) is 5.28. The molecule has 164 valence electrons. The highest BCUT2D eigenvalue weighted by molar-refractivity contribution is 6.42. The summed E-state index contributed by atoms with van der Waals surface area (Å²) < 4.78 is 18.1. The van der Waals surface area contributed by atoms with Crippen LogP contribution in [0.1, 0.15) is 21.9 Å². The van der Waals surface area contributed by atoms with E-state index in [2.05, 4.69) is 10.4 Å². The van der Waals surface area contributed by atoms with Crippen LogP contribution in [0.4, 0.5) is 5.82 Å². The topological polar surface area (TPSA) is 78.5 Å². The Balaban J connectivity index is 1.32. The third-order valence-electron chi connectivity index (χ3n) is 4.54. The molecule has 2 aromatic carbocycles. The molecule has 7 nitrogen and oxygen atoms in total. The molecule has 0 spiro atoms. The van der Waals surface area contributed by atoms with Crippen LogP contribution in [0.3, 0.4) is 0 Å². The normalized spacial score (nSPS) is 10.7. The van der Waals surface area contributed by atoms with Crippen molar-refractivity contribution in [3.63, 3.8) is 0 Å². The largest absolute Gasteiger partial charge is 0.497 e. The number of benzene rings is 2. The quantitative estimate of drug-likeness (QED) is 0.358. The molecule has 0 fully saturated rings. The molecule has 0 aliphatic carbocycles. The fourth-order valence-electron chi connectivity index (χ4n) is 2.92. The molecule has 9 heteroatoms. The molecule has 0 radical (unpaired) electrons. The van der Waals surface area contributed by atoms with E-state index in [1.165, 1.54) is 0 Å². The van der Waals surface area contributed by atoms with Crippen molar-refractivity contribution in [2.24, 2.45) is 0 Å². The first-order chi connectivity index (χ1) is 15.5. The first-order valence-electron chi connectivity index (χ1n) is 9.64. The van der Waals surface area contributed by atoms with E-state index in [1.54, 1.807) is 72.6 Å². The van der Waals surface area contributed by atoms with Gasteiger partial charge in [-0.15, -0.1) is 0 Å². The van der Waals surface area contributed by atoms with E-state index in [-0.39, 0.29) is 12.4 Å². The Labute approximate surface area is 194 Å². The number of furan rings is 1. The van der Waals surface area contributed by atoms with Gasteiger partial charge in [-0.25, -0.2) is 0 Å². The highest BCUT2D eigenvalue weighted by atomic mass is 35.5. The molecule has 2 aromatic heterocycles. The van der Waals surface area contributed by atoms with Gasteiger partial charge in [-0.3, -0.25) is 9.48 Å². The van der Waals surface area contributed by atoms with E-state index in [0.717, 1.165) is 11.3 Å². The summed E-state index contributed by atoms with van der Waals surface area (Å²) in [4.78, 5) is 12.5. The molecule has 0 saturated carbocycles. The summed E-state index contributed by atoms with van der Waals surface area (Å²) in [6.45, 7) is 0.679. The molecule has 0 unspecified atom stereocenters. The van der Waals surface area contributed by atoms with E-state index in [0.29, 0.717) is 33.9 Å². The lowest BCUT2D eigenvalue weighted by Gasteiger charge is -2.05. The molecule has 0 atom stereocenters. The number of methoxy groups -OCH3 is 1. The maximum Gasteiger partial charge on any atom is 0.292 e. The molecule has 2 heterocycles. The number of carbonyl (C=O) groups excluding carboxylic acids is 1. The van der Waals surface area contributed by atoms with Crippen molar-refractivity contribution in [2.45, 2.75) is 13.2 Å². The second-order valence-corrected chi connectivity index (χ2v) is 7.65. The number of carbonyl (C=O) groups is 1. The number of aromatic nitrogens is 2. The number of rotatable bonds is 8. The molecule has 0 bridgehead atoms. The number of nitrogens with zero attached hydrogens (tertiary/aromatic N) is 2. The van der Waals surface area contributed by atoms with Crippen LogP contribution in [-0.4, -0.2) is 22.8 Å². The van der Waals surface area contributed by atoms with Crippen molar-refractivity contribution in [1.29, 1.82) is 0 Å². The second kappa shape index (κ2) is 9.80. The Morgan fingerprint density at radius 3 is 2.56 bits per heavy atom. The second-order valence-electron chi connectivity index (χ2n) is 6.83. The van der Waals surface area contributed by atoms with Gasteiger partial charge in [0.05, 0.1) is 23.7 Å². The fraction of sp³-hybridized carbons (Fsp3) is 0.130. The zero-order valence-electron chi connectivity index (χ0n) is 17.0. The summed E-state index contributed by atoms with van der Waals surface area (Å²) >= 11 is 12.0. The first kappa shape index (κ1) is 21.8. The monoisotopic (exact) mass is 471 g/mol. The number of nitrogens with one attached hydrogen (secondary N) is 1. The standard InChI is InChI=1S/C23H19Cl2N3O4/c1-30-16-3-5-17(6-4-16)31-14-18-7-9-21(32-18)23(29)26-22-10-11-28(27-22)13-15-2-8-19(24)20(25)12-15/h2-12H,13-14H2,1H3,(H,26,27,29). The zero-order chi connectivity index (χ0) is 22.5. The van der Waals surface area contributed by atoms with E-state index in [1.807, 2.05) is 6.07 Å². The van der Waals surface area contributed by atoms with Crippen molar-refractivity contribution >= 4 is 34.9 Å². The van der Waals surface area contributed by atoms with Gasteiger partial charge < -0.3 is 19.2 Å². The molecule has 4 aromatic rings. The molecular weight excluding hydrogens is 453 g/mol. The third kappa shape index (κ3) is 5.43. The lowest BCUT2D eigenvalue weighted by molar-refractivity contribution is 0.0992. The van der Waals surface area contributed by atoms with Crippen LogP contribution in [0.2, 0.25) is 10.0 Å². The van der Waals surface area contributed by atoms with Crippen molar-refractivity contribution in [1.82, 2.24) is 9.78 Å². The highest BCUT2D eigenvalue weighted by Crippen LogP contribution is 2.23. The Morgan fingerprint density at radius 2 is 1.81 bits per heavy atom.